The molecule has 13 heteroatoms. The van der Waals surface area contributed by atoms with Crippen molar-refractivity contribution in [3.05, 3.63) is 35.9 Å². The minimum atomic E-state index is -2.34. The molecule has 3 saturated heterocycles. The van der Waals surface area contributed by atoms with Crippen molar-refractivity contribution in [1.82, 2.24) is 38.9 Å². The van der Waals surface area contributed by atoms with Gasteiger partial charge in [0.25, 0.3) is 0 Å². The maximum absolute atomic E-state index is 10.00. The molecule has 0 unspecified atom stereocenters. The summed E-state index contributed by atoms with van der Waals surface area (Å²) < 4.78 is 29.8. The number of hydrogen-bond acceptors (Lipinski definition) is 10. The quantitative estimate of drug-likeness (QED) is 0.364. The van der Waals surface area contributed by atoms with Crippen LogP contribution < -0.4 is 4.90 Å². The molecule has 3 aliphatic heterocycles. The minimum absolute atomic E-state index is 0.459. The monoisotopic (exact) mass is 581 g/mol. The van der Waals surface area contributed by atoms with Gasteiger partial charge in [-0.1, -0.05) is 12.1 Å². The van der Waals surface area contributed by atoms with E-state index in [0.717, 1.165) is 98.3 Å². The number of ether oxygens (including phenoxy) is 1. The lowest BCUT2D eigenvalue weighted by Gasteiger charge is -2.45. The molecule has 7 rings (SSSR count). The van der Waals surface area contributed by atoms with Crippen LogP contribution in [0.15, 0.2) is 24.3 Å². The highest BCUT2D eigenvalue weighted by atomic mass is 32.3. The first-order valence-electron chi connectivity index (χ1n) is 14.6. The molecule has 0 aliphatic carbocycles. The summed E-state index contributed by atoms with van der Waals surface area (Å²) in [6.45, 7) is 9.50. The van der Waals surface area contributed by atoms with Crippen LogP contribution >= 0.6 is 10.6 Å². The molecule has 41 heavy (non-hydrogen) atoms. The number of aryl methyl sites for hydroxylation is 2. The number of hydrogen-bond donors (Lipinski definition) is 2. The Bertz CT molecular complexity index is 1550. The fourth-order valence-corrected chi connectivity index (χ4v) is 7.97. The van der Waals surface area contributed by atoms with Crippen LogP contribution in [-0.2, 0) is 18.3 Å². The van der Waals surface area contributed by atoms with Crippen molar-refractivity contribution >= 4 is 38.6 Å². The van der Waals surface area contributed by atoms with E-state index in [9.17, 15) is 9.11 Å². The Labute approximate surface area is 241 Å². The molecule has 3 aromatic heterocycles. The van der Waals surface area contributed by atoms with E-state index in [0.29, 0.717) is 36.7 Å². The van der Waals surface area contributed by atoms with E-state index < -0.39 is 10.6 Å². The van der Waals surface area contributed by atoms with E-state index in [4.69, 9.17) is 24.7 Å². The number of rotatable bonds is 5. The molecule has 0 saturated carbocycles. The number of benzene rings is 1. The second-order valence-corrected chi connectivity index (χ2v) is 13.9. The first kappa shape index (κ1) is 27.0. The fourth-order valence-electron chi connectivity index (χ4n) is 6.46. The average molecular weight is 582 g/mol. The van der Waals surface area contributed by atoms with E-state index in [-0.39, 0.29) is 0 Å². The van der Waals surface area contributed by atoms with Gasteiger partial charge in [0.15, 0.2) is 17.0 Å². The number of piperazine rings is 1. The second kappa shape index (κ2) is 10.8. The van der Waals surface area contributed by atoms with Gasteiger partial charge in [0.05, 0.1) is 30.8 Å². The van der Waals surface area contributed by atoms with Crippen molar-refractivity contribution in [2.75, 3.05) is 68.9 Å². The Hall–Kier alpha value is -2.81. The maximum atomic E-state index is 10.00. The number of nitrogens with zero attached hydrogens (tertiary/aromatic N) is 9. The van der Waals surface area contributed by atoms with Gasteiger partial charge >= 0.3 is 0 Å². The molecular weight excluding hydrogens is 542 g/mol. The number of imidazole rings is 2. The van der Waals surface area contributed by atoms with Crippen molar-refractivity contribution in [2.45, 2.75) is 32.4 Å². The van der Waals surface area contributed by atoms with Crippen LogP contribution in [0.5, 0.6) is 0 Å². The maximum Gasteiger partial charge on any atom is 0.239 e. The number of anilines is 1. The van der Waals surface area contributed by atoms with Crippen molar-refractivity contribution in [2.24, 2.45) is 7.05 Å². The molecule has 0 atom stereocenters. The fraction of sp³-hybridized carbons (Fsp3) is 0.571. The molecule has 12 nitrogen and oxygen atoms in total. The smallest absolute Gasteiger partial charge is 0.239 e. The molecular formula is C28H39N9O3S. The van der Waals surface area contributed by atoms with Gasteiger partial charge in [-0.25, -0.2) is 9.97 Å². The van der Waals surface area contributed by atoms with Crippen molar-refractivity contribution in [3.8, 4) is 5.95 Å². The number of fused-ring (bicyclic) bond motifs is 2. The van der Waals surface area contributed by atoms with Crippen molar-refractivity contribution in [1.29, 1.82) is 0 Å². The molecule has 1 aromatic carbocycles. The lowest BCUT2D eigenvalue weighted by molar-refractivity contribution is 0.0847. The van der Waals surface area contributed by atoms with E-state index in [1.807, 2.05) is 29.7 Å². The lowest BCUT2D eigenvalue weighted by atomic mass is 10.1. The predicted molar refractivity (Wildman–Crippen MR) is 161 cm³/mol. The first-order chi connectivity index (χ1) is 19.9. The SMILES string of the molecule is Cc1nc2ccccc2n1-c1nc(N2CCOCC2)c2nc(CN3CCN(C4CCS(O)(O)CC4)CC3)n(C)c2n1. The van der Waals surface area contributed by atoms with Gasteiger partial charge in [-0.15, -0.1) is 0 Å². The van der Waals surface area contributed by atoms with E-state index in [2.05, 4.69) is 32.4 Å². The topological polar surface area (TPSA) is 121 Å². The molecule has 0 spiro atoms. The lowest BCUT2D eigenvalue weighted by Crippen LogP contribution is -2.51. The number of para-hydroxylation sites is 2. The zero-order valence-corrected chi connectivity index (χ0v) is 24.6. The third-order valence-electron chi connectivity index (χ3n) is 8.86. The summed E-state index contributed by atoms with van der Waals surface area (Å²) in [5.41, 5.74) is 3.56. The summed E-state index contributed by atoms with van der Waals surface area (Å²) in [6, 6.07) is 8.56. The molecule has 0 amide bonds. The third-order valence-corrected chi connectivity index (χ3v) is 10.6. The Morgan fingerprint density at radius 3 is 2.41 bits per heavy atom. The zero-order valence-electron chi connectivity index (χ0n) is 23.8. The normalized spacial score (nSPS) is 22.1. The van der Waals surface area contributed by atoms with Crippen LogP contribution in [0.3, 0.4) is 0 Å². The van der Waals surface area contributed by atoms with Gasteiger partial charge in [-0.05, 0) is 31.9 Å². The minimum Gasteiger partial charge on any atom is -0.378 e. The molecule has 2 N–H and O–H groups in total. The van der Waals surface area contributed by atoms with Crippen LogP contribution in [0.25, 0.3) is 28.1 Å². The summed E-state index contributed by atoms with van der Waals surface area (Å²) in [5, 5.41) is 0. The Morgan fingerprint density at radius 2 is 1.66 bits per heavy atom. The second-order valence-electron chi connectivity index (χ2n) is 11.4. The third kappa shape index (κ3) is 5.19. The summed E-state index contributed by atoms with van der Waals surface area (Å²) in [5.74, 6) is 4.37. The van der Waals surface area contributed by atoms with Crippen LogP contribution in [-0.4, -0.2) is 118 Å². The molecule has 4 aromatic rings. The Morgan fingerprint density at radius 1 is 0.927 bits per heavy atom. The van der Waals surface area contributed by atoms with Gasteiger partial charge in [-0.3, -0.25) is 23.5 Å². The van der Waals surface area contributed by atoms with Gasteiger partial charge in [0, 0.05) is 63.9 Å². The van der Waals surface area contributed by atoms with Crippen molar-refractivity contribution < 1.29 is 13.8 Å². The van der Waals surface area contributed by atoms with Crippen LogP contribution in [0.2, 0.25) is 0 Å². The molecule has 0 radical (unpaired) electrons. The van der Waals surface area contributed by atoms with E-state index in [1.165, 1.54) is 0 Å². The van der Waals surface area contributed by atoms with Crippen LogP contribution in [0.4, 0.5) is 5.82 Å². The Kier molecular flexibility index (Phi) is 7.12. The molecule has 6 heterocycles. The number of morpholine rings is 1. The highest BCUT2D eigenvalue weighted by molar-refractivity contribution is 8.24. The highest BCUT2D eigenvalue weighted by Gasteiger charge is 2.31. The first-order valence-corrected chi connectivity index (χ1v) is 16.5. The highest BCUT2D eigenvalue weighted by Crippen LogP contribution is 2.45. The zero-order chi connectivity index (χ0) is 28.1. The standard InChI is InChI=1S/C28H39N9O3S/c1-20-29-22-5-3-4-6-23(22)37(20)28-31-26-25(27(32-28)36-13-15-40-16-14-36)30-24(33(26)2)19-34-9-11-35(12-10-34)21-7-17-41(38,39)18-8-21/h3-6,21,38-39H,7-19H2,1-2H3. The van der Waals surface area contributed by atoms with E-state index >= 15 is 0 Å². The summed E-state index contributed by atoms with van der Waals surface area (Å²) in [7, 11) is -0.285. The van der Waals surface area contributed by atoms with Crippen molar-refractivity contribution in [3.63, 3.8) is 0 Å². The summed E-state index contributed by atoms with van der Waals surface area (Å²) >= 11 is 0. The molecule has 0 bridgehead atoms. The summed E-state index contributed by atoms with van der Waals surface area (Å²) in [6.07, 6.45) is 1.76. The molecule has 220 valence electrons. The van der Waals surface area contributed by atoms with Gasteiger partial charge < -0.3 is 14.2 Å². The largest absolute Gasteiger partial charge is 0.378 e. The van der Waals surface area contributed by atoms with Gasteiger partial charge in [0.2, 0.25) is 5.95 Å². The van der Waals surface area contributed by atoms with Gasteiger partial charge in [0.1, 0.15) is 11.6 Å². The Balaban J connectivity index is 1.17. The van der Waals surface area contributed by atoms with Crippen LogP contribution in [0.1, 0.15) is 24.5 Å². The van der Waals surface area contributed by atoms with Crippen LogP contribution in [0, 0.1) is 6.92 Å². The summed E-state index contributed by atoms with van der Waals surface area (Å²) in [4.78, 5) is 27.3. The molecule has 3 aliphatic rings. The number of aromatic nitrogens is 6. The molecule has 3 fully saturated rings. The average Bonchev–Trinajstić information content (AvgIpc) is 3.48. The van der Waals surface area contributed by atoms with Gasteiger partial charge in [-0.2, -0.15) is 20.6 Å². The van der Waals surface area contributed by atoms with E-state index in [1.54, 1.807) is 0 Å². The predicted octanol–water partition coefficient (Wildman–Crippen LogP) is 2.88.